The highest BCUT2D eigenvalue weighted by Crippen LogP contribution is 2.24. The number of hydrogen-bond donors (Lipinski definition) is 1. The van der Waals surface area contributed by atoms with Gasteiger partial charge in [0.2, 0.25) is 11.8 Å². The maximum atomic E-state index is 13.8. The van der Waals surface area contributed by atoms with E-state index in [2.05, 4.69) is 21.2 Å². The van der Waals surface area contributed by atoms with Gasteiger partial charge in [-0.1, -0.05) is 82.8 Å². The zero-order valence-corrected chi connectivity index (χ0v) is 24.6. The van der Waals surface area contributed by atoms with Gasteiger partial charge in [0, 0.05) is 39.8 Å². The molecule has 3 aromatic carbocycles. The molecule has 0 unspecified atom stereocenters. The lowest BCUT2D eigenvalue weighted by molar-refractivity contribution is -0.141. The second-order valence-corrected chi connectivity index (χ2v) is 12.3. The number of benzene rings is 3. The van der Waals surface area contributed by atoms with Gasteiger partial charge in [-0.2, -0.15) is 0 Å². The van der Waals surface area contributed by atoms with Gasteiger partial charge in [0.05, 0.1) is 0 Å². The Morgan fingerprint density at radius 3 is 2.39 bits per heavy atom. The third-order valence-electron chi connectivity index (χ3n) is 6.83. The van der Waals surface area contributed by atoms with E-state index in [0.29, 0.717) is 24.4 Å². The van der Waals surface area contributed by atoms with Crippen molar-refractivity contribution in [1.29, 1.82) is 0 Å². The molecule has 0 spiro atoms. The van der Waals surface area contributed by atoms with E-state index in [9.17, 15) is 9.59 Å². The fourth-order valence-corrected chi connectivity index (χ4v) is 6.27. The van der Waals surface area contributed by atoms with Gasteiger partial charge in [-0.25, -0.2) is 0 Å². The second kappa shape index (κ2) is 14.8. The predicted molar refractivity (Wildman–Crippen MR) is 160 cm³/mol. The standard InChI is InChI=1S/C31H34BrClN2O2S/c32-25-11-6-10-24(20-25)22-35(30(36)14-7-19-38-28-17-15-26(33)16-18-28)29(21-23-8-2-1-3-9-23)31(37)34-27-12-4-5-13-27/h1-3,6,8-11,15-18,20,27,29H,4-5,7,12-14,19,21-22H2,(H,34,37)/t29-/m0/s1. The summed E-state index contributed by atoms with van der Waals surface area (Å²) < 4.78 is 0.955. The molecule has 1 atom stereocenters. The molecule has 0 heterocycles. The maximum absolute atomic E-state index is 13.8. The maximum Gasteiger partial charge on any atom is 0.243 e. The third-order valence-corrected chi connectivity index (χ3v) is 8.68. The van der Waals surface area contributed by atoms with Gasteiger partial charge in [-0.3, -0.25) is 9.59 Å². The van der Waals surface area contributed by atoms with Crippen LogP contribution in [0.1, 0.15) is 49.7 Å². The van der Waals surface area contributed by atoms with Gasteiger partial charge in [0.25, 0.3) is 0 Å². The Morgan fingerprint density at radius 2 is 1.68 bits per heavy atom. The van der Waals surface area contributed by atoms with Crippen LogP contribution in [0.15, 0.2) is 88.2 Å². The van der Waals surface area contributed by atoms with Gasteiger partial charge < -0.3 is 10.2 Å². The molecule has 4 rings (SSSR count). The van der Waals surface area contributed by atoms with Crippen LogP contribution >= 0.6 is 39.3 Å². The number of thioether (sulfide) groups is 1. The zero-order chi connectivity index (χ0) is 26.7. The molecule has 0 bridgehead atoms. The number of amides is 2. The van der Waals surface area contributed by atoms with E-state index in [0.717, 1.165) is 58.4 Å². The van der Waals surface area contributed by atoms with Crippen molar-refractivity contribution in [3.63, 3.8) is 0 Å². The van der Waals surface area contributed by atoms with Crippen LogP contribution in [0.4, 0.5) is 0 Å². The summed E-state index contributed by atoms with van der Waals surface area (Å²) in [6.07, 6.45) is 5.88. The first kappa shape index (κ1) is 28.7. The predicted octanol–water partition coefficient (Wildman–Crippen LogP) is 7.67. The lowest BCUT2D eigenvalue weighted by Gasteiger charge is -2.32. The molecule has 1 fully saturated rings. The average molecular weight is 614 g/mol. The number of halogens is 2. The molecule has 1 saturated carbocycles. The van der Waals surface area contributed by atoms with Crippen LogP contribution in [0.5, 0.6) is 0 Å². The molecule has 38 heavy (non-hydrogen) atoms. The largest absolute Gasteiger partial charge is 0.352 e. The van der Waals surface area contributed by atoms with Crippen molar-refractivity contribution >= 4 is 51.1 Å². The van der Waals surface area contributed by atoms with Gasteiger partial charge in [0.1, 0.15) is 6.04 Å². The number of carbonyl (C=O) groups excluding carboxylic acids is 2. The Labute approximate surface area is 243 Å². The minimum Gasteiger partial charge on any atom is -0.352 e. The van der Waals surface area contributed by atoms with E-state index in [1.54, 1.807) is 16.7 Å². The quantitative estimate of drug-likeness (QED) is 0.168. The van der Waals surface area contributed by atoms with Crippen molar-refractivity contribution in [2.24, 2.45) is 0 Å². The number of carbonyl (C=O) groups is 2. The van der Waals surface area contributed by atoms with E-state index >= 15 is 0 Å². The number of rotatable bonds is 12. The summed E-state index contributed by atoms with van der Waals surface area (Å²) in [6.45, 7) is 0.387. The van der Waals surface area contributed by atoms with Crippen LogP contribution in [0.2, 0.25) is 5.02 Å². The SMILES string of the molecule is O=C(NC1CCCC1)[C@H](Cc1ccccc1)N(Cc1cccc(Br)c1)C(=O)CCCSc1ccc(Cl)cc1. The van der Waals surface area contributed by atoms with E-state index in [4.69, 9.17) is 11.6 Å². The molecule has 0 radical (unpaired) electrons. The van der Waals surface area contributed by atoms with E-state index in [1.807, 2.05) is 78.9 Å². The summed E-state index contributed by atoms with van der Waals surface area (Å²) in [6, 6.07) is 25.3. The highest BCUT2D eigenvalue weighted by atomic mass is 79.9. The normalized spacial score (nSPS) is 14.3. The Bertz CT molecular complexity index is 1190. The average Bonchev–Trinajstić information content (AvgIpc) is 3.43. The highest BCUT2D eigenvalue weighted by Gasteiger charge is 2.32. The molecule has 3 aromatic rings. The number of nitrogens with one attached hydrogen (secondary N) is 1. The summed E-state index contributed by atoms with van der Waals surface area (Å²) in [5.41, 5.74) is 2.04. The molecule has 4 nitrogen and oxygen atoms in total. The van der Waals surface area contributed by atoms with Crippen LogP contribution < -0.4 is 5.32 Å². The van der Waals surface area contributed by atoms with Crippen molar-refractivity contribution in [2.75, 3.05) is 5.75 Å². The molecule has 1 N–H and O–H groups in total. The number of hydrogen-bond acceptors (Lipinski definition) is 3. The lowest BCUT2D eigenvalue weighted by atomic mass is 10.0. The first-order chi connectivity index (χ1) is 18.5. The Balaban J connectivity index is 1.51. The fourth-order valence-electron chi connectivity index (χ4n) is 4.84. The summed E-state index contributed by atoms with van der Waals surface area (Å²) in [5.74, 6) is 0.763. The second-order valence-electron chi connectivity index (χ2n) is 9.75. The van der Waals surface area contributed by atoms with Crippen molar-refractivity contribution in [2.45, 2.75) is 68.5 Å². The summed E-state index contributed by atoms with van der Waals surface area (Å²) in [7, 11) is 0. The van der Waals surface area contributed by atoms with E-state index in [-0.39, 0.29) is 17.9 Å². The molecule has 1 aliphatic rings. The van der Waals surface area contributed by atoms with Crippen LogP contribution in [0.3, 0.4) is 0 Å². The van der Waals surface area contributed by atoms with Crippen molar-refractivity contribution < 1.29 is 9.59 Å². The topological polar surface area (TPSA) is 49.4 Å². The van der Waals surface area contributed by atoms with Crippen LogP contribution in [-0.2, 0) is 22.6 Å². The fraction of sp³-hybridized carbons (Fsp3) is 0.355. The summed E-state index contributed by atoms with van der Waals surface area (Å²) >= 11 is 11.3. The molecule has 0 aromatic heterocycles. The van der Waals surface area contributed by atoms with Crippen molar-refractivity contribution in [1.82, 2.24) is 10.2 Å². The zero-order valence-electron chi connectivity index (χ0n) is 21.5. The molecular formula is C31H34BrClN2O2S. The van der Waals surface area contributed by atoms with Crippen LogP contribution in [0, 0.1) is 0 Å². The minimum absolute atomic E-state index is 0.00387. The van der Waals surface area contributed by atoms with Gasteiger partial charge in [-0.05, 0) is 72.5 Å². The molecule has 200 valence electrons. The van der Waals surface area contributed by atoms with E-state index < -0.39 is 6.04 Å². The first-order valence-corrected chi connectivity index (χ1v) is 15.4. The molecule has 2 amide bonds. The van der Waals surface area contributed by atoms with Crippen LogP contribution in [-0.4, -0.2) is 34.6 Å². The molecular weight excluding hydrogens is 580 g/mol. The third kappa shape index (κ3) is 8.89. The molecule has 1 aliphatic carbocycles. The Kier molecular flexibility index (Phi) is 11.2. The van der Waals surface area contributed by atoms with Crippen LogP contribution in [0.25, 0.3) is 0 Å². The van der Waals surface area contributed by atoms with Gasteiger partial charge in [0.15, 0.2) is 0 Å². The summed E-state index contributed by atoms with van der Waals surface area (Å²) in [5, 5.41) is 3.98. The van der Waals surface area contributed by atoms with E-state index in [1.165, 1.54) is 0 Å². The molecule has 0 aliphatic heterocycles. The molecule has 7 heteroatoms. The van der Waals surface area contributed by atoms with Gasteiger partial charge >= 0.3 is 0 Å². The summed E-state index contributed by atoms with van der Waals surface area (Å²) in [4.78, 5) is 30.4. The van der Waals surface area contributed by atoms with Gasteiger partial charge in [-0.15, -0.1) is 11.8 Å². The lowest BCUT2D eigenvalue weighted by Crippen LogP contribution is -2.52. The van der Waals surface area contributed by atoms with Crippen molar-refractivity contribution in [3.8, 4) is 0 Å². The Morgan fingerprint density at radius 1 is 0.974 bits per heavy atom. The Hall–Kier alpha value is -2.28. The monoisotopic (exact) mass is 612 g/mol. The highest BCUT2D eigenvalue weighted by molar-refractivity contribution is 9.10. The minimum atomic E-state index is -0.576. The van der Waals surface area contributed by atoms with Crippen molar-refractivity contribution in [3.05, 3.63) is 99.5 Å². The smallest absolute Gasteiger partial charge is 0.243 e. The molecule has 0 saturated heterocycles. The first-order valence-electron chi connectivity index (χ1n) is 13.2. The number of nitrogens with zero attached hydrogens (tertiary/aromatic N) is 1.